The molecule has 0 unspecified atom stereocenters. The molecule has 1 aliphatic heterocycles. The number of nitrogens with one attached hydrogen (secondary N) is 1. The summed E-state index contributed by atoms with van der Waals surface area (Å²) in [6.45, 7) is 5.32. The molecule has 1 atom stereocenters. The van der Waals surface area contributed by atoms with Gasteiger partial charge in [0.25, 0.3) is 0 Å². The van der Waals surface area contributed by atoms with Crippen molar-refractivity contribution in [1.29, 1.82) is 0 Å². The minimum atomic E-state index is 0.222. The molecule has 25 heavy (non-hydrogen) atoms. The minimum absolute atomic E-state index is 0.222. The average Bonchev–Trinajstić information content (AvgIpc) is 3.35. The fourth-order valence-electron chi connectivity index (χ4n) is 2.98. The van der Waals surface area contributed by atoms with Crippen LogP contribution in [0.15, 0.2) is 33.5 Å². The van der Waals surface area contributed by atoms with Crippen LogP contribution in [0.2, 0.25) is 0 Å². The molecule has 0 radical (unpaired) electrons. The molecular weight excluding hydrogens is 320 g/mol. The first-order valence-electron chi connectivity index (χ1n) is 8.41. The standard InChI is InChI=1S/C18H20N4O3/c1-11-8-16(25-22-11)15-10-20-18(19-9-13-4-3-6-24-13)21-17(15)14-5-7-23-12(14)2/h5,7-8,10,13H,3-4,6,9H2,1-2H3,(H,19,20,21)/t13-/m0/s1. The number of ether oxygens (including phenoxy) is 1. The molecule has 0 aliphatic carbocycles. The number of hydrogen-bond donors (Lipinski definition) is 1. The Morgan fingerprint density at radius 1 is 1.28 bits per heavy atom. The van der Waals surface area contributed by atoms with Crippen LogP contribution in [0.1, 0.15) is 24.3 Å². The van der Waals surface area contributed by atoms with E-state index < -0.39 is 0 Å². The SMILES string of the molecule is Cc1cc(-c2cnc(NC[C@@H]3CCCO3)nc2-c2ccoc2C)on1. The molecule has 0 amide bonds. The minimum Gasteiger partial charge on any atom is -0.469 e. The first-order chi connectivity index (χ1) is 12.2. The Hall–Kier alpha value is -2.67. The maximum atomic E-state index is 5.64. The summed E-state index contributed by atoms with van der Waals surface area (Å²) in [7, 11) is 0. The van der Waals surface area contributed by atoms with Crippen LogP contribution >= 0.6 is 0 Å². The normalized spacial score (nSPS) is 17.1. The Kier molecular flexibility index (Phi) is 4.23. The summed E-state index contributed by atoms with van der Waals surface area (Å²) in [5.74, 6) is 1.99. The van der Waals surface area contributed by atoms with E-state index in [1.165, 1.54) is 0 Å². The zero-order valence-corrected chi connectivity index (χ0v) is 14.3. The summed E-state index contributed by atoms with van der Waals surface area (Å²) in [4.78, 5) is 9.13. The fraction of sp³-hybridized carbons (Fsp3) is 0.389. The van der Waals surface area contributed by atoms with E-state index in [1.807, 2.05) is 26.0 Å². The van der Waals surface area contributed by atoms with Gasteiger partial charge < -0.3 is 19.0 Å². The molecule has 1 aliphatic rings. The van der Waals surface area contributed by atoms with E-state index in [-0.39, 0.29) is 6.10 Å². The fourth-order valence-corrected chi connectivity index (χ4v) is 2.98. The Bertz CT molecular complexity index is 865. The second-order valence-corrected chi connectivity index (χ2v) is 6.19. The van der Waals surface area contributed by atoms with Gasteiger partial charge in [-0.25, -0.2) is 9.97 Å². The van der Waals surface area contributed by atoms with E-state index in [4.69, 9.17) is 18.7 Å². The predicted octanol–water partition coefficient (Wildman–Crippen LogP) is 3.60. The van der Waals surface area contributed by atoms with E-state index in [0.29, 0.717) is 18.3 Å². The highest BCUT2D eigenvalue weighted by molar-refractivity contribution is 5.79. The molecule has 0 bridgehead atoms. The van der Waals surface area contributed by atoms with Crippen LogP contribution in [0, 0.1) is 13.8 Å². The van der Waals surface area contributed by atoms with Crippen LogP contribution in [0.4, 0.5) is 5.95 Å². The molecule has 7 heteroatoms. The molecule has 3 aromatic rings. The molecule has 0 aromatic carbocycles. The first kappa shape index (κ1) is 15.8. The highest BCUT2D eigenvalue weighted by Gasteiger charge is 2.19. The van der Waals surface area contributed by atoms with Gasteiger partial charge in [0.1, 0.15) is 5.76 Å². The van der Waals surface area contributed by atoms with Gasteiger partial charge in [0, 0.05) is 31.0 Å². The van der Waals surface area contributed by atoms with E-state index in [1.54, 1.807) is 12.5 Å². The average molecular weight is 340 g/mol. The molecule has 0 spiro atoms. The monoisotopic (exact) mass is 340 g/mol. The molecule has 1 saturated heterocycles. The third kappa shape index (κ3) is 3.28. The number of anilines is 1. The lowest BCUT2D eigenvalue weighted by atomic mass is 10.1. The van der Waals surface area contributed by atoms with Crippen molar-refractivity contribution in [2.75, 3.05) is 18.5 Å². The lowest BCUT2D eigenvalue weighted by Crippen LogP contribution is -2.19. The van der Waals surface area contributed by atoms with Crippen molar-refractivity contribution in [3.63, 3.8) is 0 Å². The molecule has 3 aromatic heterocycles. The molecule has 4 rings (SSSR count). The molecule has 7 nitrogen and oxygen atoms in total. The molecule has 130 valence electrons. The number of aromatic nitrogens is 3. The quantitative estimate of drug-likeness (QED) is 0.759. The lowest BCUT2D eigenvalue weighted by Gasteiger charge is -2.12. The van der Waals surface area contributed by atoms with Crippen molar-refractivity contribution in [3.8, 4) is 22.6 Å². The maximum absolute atomic E-state index is 5.64. The van der Waals surface area contributed by atoms with E-state index >= 15 is 0 Å². The Morgan fingerprint density at radius 3 is 2.88 bits per heavy atom. The predicted molar refractivity (Wildman–Crippen MR) is 92.2 cm³/mol. The van der Waals surface area contributed by atoms with E-state index in [2.05, 4.69) is 15.5 Å². The number of furan rings is 1. The largest absolute Gasteiger partial charge is 0.469 e. The lowest BCUT2D eigenvalue weighted by molar-refractivity contribution is 0.120. The molecule has 1 N–H and O–H groups in total. The van der Waals surface area contributed by atoms with Crippen molar-refractivity contribution >= 4 is 5.95 Å². The number of rotatable bonds is 5. The maximum Gasteiger partial charge on any atom is 0.223 e. The van der Waals surface area contributed by atoms with Gasteiger partial charge in [-0.15, -0.1) is 0 Å². The van der Waals surface area contributed by atoms with Crippen LogP contribution in [0.3, 0.4) is 0 Å². The Morgan fingerprint density at radius 2 is 2.20 bits per heavy atom. The van der Waals surface area contributed by atoms with Crippen molar-refractivity contribution in [1.82, 2.24) is 15.1 Å². The zero-order chi connectivity index (χ0) is 17.2. The molecule has 1 fully saturated rings. The summed E-state index contributed by atoms with van der Waals surface area (Å²) in [6, 6.07) is 3.77. The number of hydrogen-bond acceptors (Lipinski definition) is 7. The van der Waals surface area contributed by atoms with Gasteiger partial charge >= 0.3 is 0 Å². The first-order valence-corrected chi connectivity index (χ1v) is 8.41. The second kappa shape index (κ2) is 6.68. The second-order valence-electron chi connectivity index (χ2n) is 6.19. The molecule has 0 saturated carbocycles. The number of nitrogens with zero attached hydrogens (tertiary/aromatic N) is 3. The molecule has 4 heterocycles. The summed E-state index contributed by atoms with van der Waals surface area (Å²) < 4.78 is 16.5. The van der Waals surface area contributed by atoms with Gasteiger partial charge in [-0.2, -0.15) is 0 Å². The van der Waals surface area contributed by atoms with E-state index in [9.17, 15) is 0 Å². The van der Waals surface area contributed by atoms with E-state index in [0.717, 1.165) is 47.7 Å². The van der Waals surface area contributed by atoms with Gasteiger partial charge in [0.15, 0.2) is 5.76 Å². The Labute approximate surface area is 145 Å². The van der Waals surface area contributed by atoms with Gasteiger partial charge in [0.05, 0.1) is 29.3 Å². The van der Waals surface area contributed by atoms with Crippen molar-refractivity contribution in [2.24, 2.45) is 0 Å². The van der Waals surface area contributed by atoms with Gasteiger partial charge in [-0.05, 0) is 32.8 Å². The van der Waals surface area contributed by atoms with Crippen LogP contribution in [-0.2, 0) is 4.74 Å². The van der Waals surface area contributed by atoms with Gasteiger partial charge in [-0.3, -0.25) is 0 Å². The highest BCUT2D eigenvalue weighted by atomic mass is 16.5. The number of aryl methyl sites for hydroxylation is 2. The van der Waals surface area contributed by atoms with Crippen LogP contribution in [-0.4, -0.2) is 34.4 Å². The summed E-state index contributed by atoms with van der Waals surface area (Å²) in [5, 5.41) is 7.23. The highest BCUT2D eigenvalue weighted by Crippen LogP contribution is 2.33. The summed E-state index contributed by atoms with van der Waals surface area (Å²) >= 11 is 0. The van der Waals surface area contributed by atoms with Gasteiger partial charge in [0.2, 0.25) is 5.95 Å². The summed E-state index contributed by atoms with van der Waals surface area (Å²) in [6.07, 6.45) is 5.81. The van der Waals surface area contributed by atoms with Crippen molar-refractivity contribution in [3.05, 3.63) is 36.0 Å². The topological polar surface area (TPSA) is 86.2 Å². The smallest absolute Gasteiger partial charge is 0.223 e. The summed E-state index contributed by atoms with van der Waals surface area (Å²) in [5.41, 5.74) is 3.26. The van der Waals surface area contributed by atoms with Crippen molar-refractivity contribution in [2.45, 2.75) is 32.8 Å². The van der Waals surface area contributed by atoms with Crippen molar-refractivity contribution < 1.29 is 13.7 Å². The zero-order valence-electron chi connectivity index (χ0n) is 14.3. The van der Waals surface area contributed by atoms with Crippen LogP contribution in [0.5, 0.6) is 0 Å². The Balaban J connectivity index is 1.68. The third-order valence-corrected chi connectivity index (χ3v) is 4.31. The van der Waals surface area contributed by atoms with Gasteiger partial charge in [-0.1, -0.05) is 5.16 Å². The molecular formula is C18H20N4O3. The van der Waals surface area contributed by atoms with Crippen LogP contribution < -0.4 is 5.32 Å². The third-order valence-electron chi connectivity index (χ3n) is 4.31. The van der Waals surface area contributed by atoms with Crippen LogP contribution in [0.25, 0.3) is 22.6 Å².